The minimum atomic E-state index is 0.905. The fourth-order valence-corrected chi connectivity index (χ4v) is 9.70. The molecule has 13 rings (SSSR count). The third kappa shape index (κ3) is 3.84. The van der Waals surface area contributed by atoms with Gasteiger partial charge in [-0.25, -0.2) is 0 Å². The Morgan fingerprint density at radius 3 is 1.85 bits per heavy atom. The lowest BCUT2D eigenvalue weighted by Gasteiger charge is -2.14. The van der Waals surface area contributed by atoms with E-state index in [4.69, 9.17) is 4.42 Å². The molecule has 3 heterocycles. The Labute approximate surface area is 315 Å². The van der Waals surface area contributed by atoms with Crippen molar-refractivity contribution in [2.75, 3.05) is 0 Å². The molecule has 0 N–H and O–H groups in total. The van der Waals surface area contributed by atoms with Crippen molar-refractivity contribution in [2.24, 2.45) is 0 Å². The molecule has 55 heavy (non-hydrogen) atoms. The molecule has 12 aromatic rings. The molecule has 3 heteroatoms. The van der Waals surface area contributed by atoms with Crippen LogP contribution in [0.15, 0.2) is 186 Å². The molecule has 0 saturated heterocycles. The van der Waals surface area contributed by atoms with Crippen LogP contribution in [-0.4, -0.2) is 9.13 Å². The van der Waals surface area contributed by atoms with Gasteiger partial charge in [-0.2, -0.15) is 0 Å². The van der Waals surface area contributed by atoms with E-state index >= 15 is 0 Å². The second-order valence-electron chi connectivity index (χ2n) is 14.8. The number of furan rings is 1. The molecule has 1 aliphatic rings. The van der Waals surface area contributed by atoms with Crippen molar-refractivity contribution in [3.05, 3.63) is 182 Å². The molecule has 9 aromatic carbocycles. The molecule has 0 atom stereocenters. The monoisotopic (exact) mass is 698 g/mol. The van der Waals surface area contributed by atoms with Gasteiger partial charge < -0.3 is 13.6 Å². The van der Waals surface area contributed by atoms with Crippen LogP contribution in [-0.2, 0) is 0 Å². The van der Waals surface area contributed by atoms with Gasteiger partial charge in [-0.15, -0.1) is 0 Å². The second kappa shape index (κ2) is 10.6. The summed E-state index contributed by atoms with van der Waals surface area (Å²) in [5.74, 6) is 0. The summed E-state index contributed by atoms with van der Waals surface area (Å²) in [7, 11) is 0. The van der Waals surface area contributed by atoms with Gasteiger partial charge in [0.15, 0.2) is 0 Å². The number of fused-ring (bicyclic) bond motifs is 14. The highest BCUT2D eigenvalue weighted by Gasteiger charge is 2.26. The molecule has 0 fully saturated rings. The van der Waals surface area contributed by atoms with Gasteiger partial charge in [-0.05, 0) is 92.7 Å². The number of rotatable bonds is 3. The first-order chi connectivity index (χ1) is 27.3. The summed E-state index contributed by atoms with van der Waals surface area (Å²) in [6.45, 7) is 0. The summed E-state index contributed by atoms with van der Waals surface area (Å²) in [5, 5.41) is 9.65. The van der Waals surface area contributed by atoms with Crippen LogP contribution in [0.25, 0.3) is 121 Å². The number of para-hydroxylation sites is 2. The third-order valence-corrected chi connectivity index (χ3v) is 12.0. The van der Waals surface area contributed by atoms with Crippen molar-refractivity contribution in [2.45, 2.75) is 0 Å². The largest absolute Gasteiger partial charge is 0.455 e. The molecule has 1 aliphatic carbocycles. The maximum atomic E-state index is 6.77. The van der Waals surface area contributed by atoms with E-state index in [2.05, 4.69) is 191 Å². The first kappa shape index (κ1) is 29.1. The lowest BCUT2D eigenvalue weighted by atomic mass is 10.0. The second-order valence-corrected chi connectivity index (χ2v) is 14.8. The average molecular weight is 699 g/mol. The van der Waals surface area contributed by atoms with Crippen molar-refractivity contribution in [3.8, 4) is 44.8 Å². The van der Waals surface area contributed by atoms with Crippen molar-refractivity contribution >= 4 is 76.3 Å². The topological polar surface area (TPSA) is 23.0 Å². The number of nitrogens with zero attached hydrogens (tertiary/aromatic N) is 2. The predicted octanol–water partition coefficient (Wildman–Crippen LogP) is 14.2. The first-order valence-corrected chi connectivity index (χ1v) is 18.9. The summed E-state index contributed by atoms with van der Waals surface area (Å²) in [5.41, 5.74) is 16.3. The third-order valence-electron chi connectivity index (χ3n) is 12.0. The zero-order valence-corrected chi connectivity index (χ0v) is 29.6. The number of aromatic nitrogens is 2. The van der Waals surface area contributed by atoms with E-state index < -0.39 is 0 Å². The van der Waals surface area contributed by atoms with E-state index in [0.717, 1.165) is 49.7 Å². The molecule has 0 radical (unpaired) electrons. The Morgan fingerprint density at radius 2 is 1.00 bits per heavy atom. The summed E-state index contributed by atoms with van der Waals surface area (Å²) in [6, 6.07) is 66.5. The minimum Gasteiger partial charge on any atom is -0.455 e. The van der Waals surface area contributed by atoms with Gasteiger partial charge in [0.05, 0.1) is 27.5 Å². The van der Waals surface area contributed by atoms with Gasteiger partial charge in [0.2, 0.25) is 0 Å². The average Bonchev–Trinajstić information content (AvgIpc) is 3.98. The van der Waals surface area contributed by atoms with Gasteiger partial charge in [0, 0.05) is 38.3 Å². The Hall–Kier alpha value is -7.36. The van der Waals surface area contributed by atoms with E-state index in [-0.39, 0.29) is 0 Å². The smallest absolute Gasteiger partial charge is 0.145 e. The first-order valence-electron chi connectivity index (χ1n) is 18.9. The van der Waals surface area contributed by atoms with Gasteiger partial charge in [-0.3, -0.25) is 0 Å². The van der Waals surface area contributed by atoms with Crippen LogP contribution >= 0.6 is 0 Å². The van der Waals surface area contributed by atoms with E-state index in [9.17, 15) is 0 Å². The zero-order valence-electron chi connectivity index (χ0n) is 29.6. The molecule has 0 saturated carbocycles. The summed E-state index contributed by atoms with van der Waals surface area (Å²) in [4.78, 5) is 0. The van der Waals surface area contributed by atoms with Gasteiger partial charge >= 0.3 is 0 Å². The zero-order chi connectivity index (χ0) is 35.8. The van der Waals surface area contributed by atoms with Crippen LogP contribution < -0.4 is 0 Å². The van der Waals surface area contributed by atoms with Gasteiger partial charge in [0.25, 0.3) is 0 Å². The minimum absolute atomic E-state index is 0.905. The van der Waals surface area contributed by atoms with Crippen molar-refractivity contribution < 1.29 is 4.42 Å². The maximum absolute atomic E-state index is 6.77. The maximum Gasteiger partial charge on any atom is 0.145 e. The molecular weight excluding hydrogens is 669 g/mol. The highest BCUT2D eigenvalue weighted by molar-refractivity contribution is 6.29. The van der Waals surface area contributed by atoms with E-state index in [1.165, 1.54) is 71.3 Å². The van der Waals surface area contributed by atoms with Crippen LogP contribution in [0.3, 0.4) is 0 Å². The fourth-order valence-electron chi connectivity index (χ4n) is 9.70. The number of benzene rings is 9. The molecule has 0 aliphatic heterocycles. The van der Waals surface area contributed by atoms with E-state index in [1.807, 2.05) is 0 Å². The Morgan fingerprint density at radius 1 is 0.345 bits per heavy atom. The van der Waals surface area contributed by atoms with Crippen molar-refractivity contribution in [3.63, 3.8) is 0 Å². The van der Waals surface area contributed by atoms with E-state index in [1.54, 1.807) is 0 Å². The Kier molecular flexibility index (Phi) is 5.63. The standard InChI is InChI=1S/C52H30N2O/c1-2-10-31(11-3-1)32-20-22-34(23-21-32)53-46-29-28-42-38-15-5-7-19-47(38)55-52(42)49(46)43-27-26-41-37-14-4-6-18-45(37)54(50(41)51(43)53)35-24-25-36-39-16-8-12-33-13-9-17-40(48(33)39)44(36)30-35/h1-30H. The van der Waals surface area contributed by atoms with Crippen molar-refractivity contribution in [1.82, 2.24) is 9.13 Å². The molecule has 0 spiro atoms. The Bertz CT molecular complexity index is 3570. The number of hydrogen-bond donors (Lipinski definition) is 0. The van der Waals surface area contributed by atoms with Gasteiger partial charge in [0.1, 0.15) is 11.2 Å². The summed E-state index contributed by atoms with van der Waals surface area (Å²) in [6.07, 6.45) is 0. The Balaban J connectivity index is 1.18. The van der Waals surface area contributed by atoms with Crippen LogP contribution in [0, 0.1) is 0 Å². The quantitative estimate of drug-likeness (QED) is 0.180. The van der Waals surface area contributed by atoms with Crippen LogP contribution in [0.2, 0.25) is 0 Å². The summed E-state index contributed by atoms with van der Waals surface area (Å²) < 4.78 is 11.7. The van der Waals surface area contributed by atoms with Crippen molar-refractivity contribution in [1.29, 1.82) is 0 Å². The lowest BCUT2D eigenvalue weighted by molar-refractivity contribution is 0.673. The predicted molar refractivity (Wildman–Crippen MR) is 230 cm³/mol. The highest BCUT2D eigenvalue weighted by atomic mass is 16.3. The molecule has 3 nitrogen and oxygen atoms in total. The molecular formula is C52H30N2O. The van der Waals surface area contributed by atoms with Gasteiger partial charge in [-0.1, -0.05) is 133 Å². The normalized spacial score (nSPS) is 12.4. The molecule has 3 aromatic heterocycles. The van der Waals surface area contributed by atoms with Crippen LogP contribution in [0.1, 0.15) is 0 Å². The SMILES string of the molecule is c1ccc(-c2ccc(-n3c4ccc5c6ccccc6oc5c4c4ccc5c6ccccc6n(-c6ccc7c(c6)-c6cccc8cccc-7c68)c5c43)cc2)cc1. The lowest BCUT2D eigenvalue weighted by Crippen LogP contribution is -1.99. The summed E-state index contributed by atoms with van der Waals surface area (Å²) >= 11 is 0. The molecule has 254 valence electrons. The van der Waals surface area contributed by atoms with Crippen LogP contribution in [0.4, 0.5) is 0 Å². The van der Waals surface area contributed by atoms with E-state index in [0.29, 0.717) is 0 Å². The van der Waals surface area contributed by atoms with Crippen LogP contribution in [0.5, 0.6) is 0 Å². The highest BCUT2D eigenvalue weighted by Crippen LogP contribution is 2.49. The fraction of sp³-hybridized carbons (Fsp3) is 0. The number of hydrogen-bond acceptors (Lipinski definition) is 1. The molecule has 0 amide bonds. The molecule has 0 bridgehead atoms. The molecule has 0 unspecified atom stereocenters.